The number of hydrogen-bond donors (Lipinski definition) is 2. The maximum absolute atomic E-state index is 13.2. The SMILES string of the molecule is CC1=C(C(=O)O)C(c2cccc([N+](=O)[O-])c2)C(C(=O)OCCCN(C)CCN(C)c2ccccc2)=C(C)N1. The number of carbonyl (C=O) groups excluding carboxylic acids is 1. The summed E-state index contributed by atoms with van der Waals surface area (Å²) in [6.07, 6.45) is 0.596. The van der Waals surface area contributed by atoms with Gasteiger partial charge in [-0.25, -0.2) is 9.59 Å². The van der Waals surface area contributed by atoms with Gasteiger partial charge in [0.1, 0.15) is 0 Å². The smallest absolute Gasteiger partial charge is 0.336 e. The van der Waals surface area contributed by atoms with Crippen LogP contribution in [0.25, 0.3) is 0 Å². The lowest BCUT2D eigenvalue weighted by molar-refractivity contribution is -0.384. The van der Waals surface area contributed by atoms with E-state index in [9.17, 15) is 24.8 Å². The summed E-state index contributed by atoms with van der Waals surface area (Å²) in [5, 5.41) is 24.2. The number of allylic oxidation sites excluding steroid dienone is 2. The first-order chi connectivity index (χ1) is 18.1. The molecule has 10 nitrogen and oxygen atoms in total. The van der Waals surface area contributed by atoms with E-state index in [-0.39, 0.29) is 23.4 Å². The highest BCUT2D eigenvalue weighted by atomic mass is 16.6. The Kier molecular flexibility index (Phi) is 9.61. The molecular formula is C28H34N4O6. The van der Waals surface area contributed by atoms with Crippen molar-refractivity contribution in [3.63, 3.8) is 0 Å². The van der Waals surface area contributed by atoms with E-state index in [0.29, 0.717) is 29.9 Å². The topological polar surface area (TPSA) is 125 Å². The zero-order valence-corrected chi connectivity index (χ0v) is 22.1. The lowest BCUT2D eigenvalue weighted by Gasteiger charge is -2.29. The van der Waals surface area contributed by atoms with Gasteiger partial charge in [-0.05, 0) is 45.0 Å². The summed E-state index contributed by atoms with van der Waals surface area (Å²) in [5.74, 6) is -2.87. The first-order valence-electron chi connectivity index (χ1n) is 12.4. The minimum Gasteiger partial charge on any atom is -0.478 e. The van der Waals surface area contributed by atoms with Gasteiger partial charge in [0.15, 0.2) is 0 Å². The van der Waals surface area contributed by atoms with Gasteiger partial charge < -0.3 is 25.0 Å². The van der Waals surface area contributed by atoms with Gasteiger partial charge in [-0.2, -0.15) is 0 Å². The first kappa shape index (κ1) is 28.4. The Balaban J connectivity index is 1.64. The molecule has 0 amide bonds. The van der Waals surface area contributed by atoms with Crippen molar-refractivity contribution in [3.05, 3.63) is 92.8 Å². The van der Waals surface area contributed by atoms with E-state index >= 15 is 0 Å². The normalized spacial score (nSPS) is 15.3. The number of nitro benzene ring substituents is 1. The average molecular weight is 523 g/mol. The fourth-order valence-corrected chi connectivity index (χ4v) is 4.52. The molecule has 0 bridgehead atoms. The number of dihydropyridines is 1. The van der Waals surface area contributed by atoms with E-state index in [1.807, 2.05) is 32.3 Å². The molecule has 0 saturated heterocycles. The largest absolute Gasteiger partial charge is 0.478 e. The third-order valence-corrected chi connectivity index (χ3v) is 6.56. The molecule has 2 N–H and O–H groups in total. The number of nitro groups is 1. The molecule has 0 aliphatic carbocycles. The molecule has 3 rings (SSSR count). The van der Waals surface area contributed by atoms with Crippen molar-refractivity contribution < 1.29 is 24.4 Å². The molecule has 1 heterocycles. The van der Waals surface area contributed by atoms with Crippen LogP contribution in [0.1, 0.15) is 31.7 Å². The number of hydrogen-bond acceptors (Lipinski definition) is 8. The summed E-state index contributed by atoms with van der Waals surface area (Å²) in [6, 6.07) is 15.8. The van der Waals surface area contributed by atoms with Crippen molar-refractivity contribution in [3.8, 4) is 0 Å². The van der Waals surface area contributed by atoms with Crippen LogP contribution in [0.5, 0.6) is 0 Å². The predicted octanol–water partition coefficient (Wildman–Crippen LogP) is 3.92. The molecule has 2 aromatic carbocycles. The molecule has 0 radical (unpaired) electrons. The molecule has 1 unspecified atom stereocenters. The average Bonchev–Trinajstić information content (AvgIpc) is 2.89. The molecule has 2 aromatic rings. The molecule has 202 valence electrons. The number of aliphatic carboxylic acids is 1. The molecule has 10 heteroatoms. The minimum atomic E-state index is -1.22. The van der Waals surface area contributed by atoms with Crippen molar-refractivity contribution in [2.75, 3.05) is 45.2 Å². The standard InChI is InChI=1S/C28H34N4O6/c1-19-24(27(33)34)26(21-10-8-13-23(18-21)32(36)37)25(20(2)29-19)28(35)38-17-9-14-30(3)15-16-31(4)22-11-6-5-7-12-22/h5-8,10-13,18,26,29H,9,14-17H2,1-4H3,(H,33,34). The Morgan fingerprint density at radius 3 is 2.34 bits per heavy atom. The highest BCUT2D eigenvalue weighted by Crippen LogP contribution is 2.39. The van der Waals surface area contributed by atoms with Crippen molar-refractivity contribution in [2.24, 2.45) is 0 Å². The van der Waals surface area contributed by atoms with Crippen molar-refractivity contribution in [2.45, 2.75) is 26.2 Å². The van der Waals surface area contributed by atoms with Crippen LogP contribution < -0.4 is 10.2 Å². The van der Waals surface area contributed by atoms with Crippen LogP contribution in [-0.2, 0) is 14.3 Å². The Morgan fingerprint density at radius 2 is 1.68 bits per heavy atom. The Labute approximate surface area is 222 Å². The van der Waals surface area contributed by atoms with Crippen LogP contribution in [0, 0.1) is 10.1 Å². The van der Waals surface area contributed by atoms with Crippen LogP contribution in [0.3, 0.4) is 0 Å². The Bertz CT molecular complexity index is 1240. The van der Waals surface area contributed by atoms with Crippen LogP contribution in [-0.4, -0.2) is 67.2 Å². The maximum atomic E-state index is 13.2. The van der Waals surface area contributed by atoms with Gasteiger partial charge in [0.05, 0.1) is 28.6 Å². The minimum absolute atomic E-state index is 0.0506. The number of ether oxygens (including phenoxy) is 1. The third kappa shape index (κ3) is 6.98. The molecule has 1 aliphatic rings. The number of likely N-dealkylation sites (N-methyl/N-ethyl adjacent to an activating group) is 2. The number of para-hydroxylation sites is 1. The van der Waals surface area contributed by atoms with E-state index < -0.39 is 22.8 Å². The number of carbonyl (C=O) groups is 2. The van der Waals surface area contributed by atoms with Gasteiger partial charge >= 0.3 is 11.9 Å². The summed E-state index contributed by atoms with van der Waals surface area (Å²) >= 11 is 0. The number of benzene rings is 2. The monoisotopic (exact) mass is 522 g/mol. The van der Waals surface area contributed by atoms with Gasteiger partial charge in [0.2, 0.25) is 0 Å². The Morgan fingerprint density at radius 1 is 1.00 bits per heavy atom. The van der Waals surface area contributed by atoms with E-state index in [2.05, 4.69) is 27.2 Å². The fraction of sp³-hybridized carbons (Fsp3) is 0.357. The summed E-state index contributed by atoms with van der Waals surface area (Å²) < 4.78 is 5.57. The van der Waals surface area contributed by atoms with Crippen LogP contribution in [0.15, 0.2) is 77.1 Å². The predicted molar refractivity (Wildman–Crippen MR) is 145 cm³/mol. The van der Waals surface area contributed by atoms with E-state index in [4.69, 9.17) is 4.74 Å². The molecule has 0 spiro atoms. The summed E-state index contributed by atoms with van der Waals surface area (Å²) in [5.41, 5.74) is 2.19. The van der Waals surface area contributed by atoms with Crippen LogP contribution in [0.2, 0.25) is 0 Å². The highest BCUT2D eigenvalue weighted by Gasteiger charge is 2.37. The molecule has 0 aromatic heterocycles. The van der Waals surface area contributed by atoms with Gasteiger partial charge in [0.25, 0.3) is 5.69 Å². The second kappa shape index (κ2) is 12.9. The van der Waals surface area contributed by atoms with Crippen molar-refractivity contribution in [1.82, 2.24) is 10.2 Å². The van der Waals surface area contributed by atoms with Gasteiger partial charge in [0, 0.05) is 55.9 Å². The fourth-order valence-electron chi connectivity index (χ4n) is 4.52. The van der Waals surface area contributed by atoms with Crippen LogP contribution in [0.4, 0.5) is 11.4 Å². The summed E-state index contributed by atoms with van der Waals surface area (Å²) in [6.45, 7) is 5.80. The van der Waals surface area contributed by atoms with Crippen molar-refractivity contribution >= 4 is 23.3 Å². The Hall–Kier alpha value is -4.18. The third-order valence-electron chi connectivity index (χ3n) is 6.56. The number of non-ortho nitro benzene ring substituents is 1. The number of carboxylic acids is 1. The number of nitrogens with one attached hydrogen (secondary N) is 1. The molecule has 1 aliphatic heterocycles. The maximum Gasteiger partial charge on any atom is 0.336 e. The lowest BCUT2D eigenvalue weighted by Crippen LogP contribution is -2.33. The number of nitrogens with zero attached hydrogens (tertiary/aromatic N) is 3. The van der Waals surface area contributed by atoms with Crippen LogP contribution >= 0.6 is 0 Å². The second-order valence-electron chi connectivity index (χ2n) is 9.34. The zero-order chi connectivity index (χ0) is 27.8. The number of anilines is 1. The number of carboxylic acid groups (broad SMARTS) is 1. The van der Waals surface area contributed by atoms with Gasteiger partial charge in [-0.3, -0.25) is 10.1 Å². The highest BCUT2D eigenvalue weighted by molar-refractivity contribution is 5.99. The van der Waals surface area contributed by atoms with E-state index in [0.717, 1.165) is 18.8 Å². The first-order valence-corrected chi connectivity index (χ1v) is 12.4. The molecule has 1 atom stereocenters. The number of esters is 1. The second-order valence-corrected chi connectivity index (χ2v) is 9.34. The van der Waals surface area contributed by atoms with Crippen molar-refractivity contribution in [1.29, 1.82) is 0 Å². The molecule has 0 saturated carbocycles. The van der Waals surface area contributed by atoms with Gasteiger partial charge in [-0.1, -0.05) is 30.3 Å². The lowest BCUT2D eigenvalue weighted by atomic mass is 9.80. The quantitative estimate of drug-likeness (QED) is 0.185. The van der Waals surface area contributed by atoms with E-state index in [1.165, 1.54) is 18.2 Å². The molecule has 0 fully saturated rings. The van der Waals surface area contributed by atoms with Gasteiger partial charge in [-0.15, -0.1) is 0 Å². The summed E-state index contributed by atoms with van der Waals surface area (Å²) in [7, 11) is 4.04. The summed E-state index contributed by atoms with van der Waals surface area (Å²) in [4.78, 5) is 40.5. The molecule has 38 heavy (non-hydrogen) atoms. The molecular weight excluding hydrogens is 488 g/mol. The number of rotatable bonds is 12. The zero-order valence-electron chi connectivity index (χ0n) is 22.1. The van der Waals surface area contributed by atoms with E-state index in [1.54, 1.807) is 19.9 Å².